The molecule has 1 aliphatic heterocycles. The van der Waals surface area contributed by atoms with E-state index in [0.29, 0.717) is 24.5 Å². The van der Waals surface area contributed by atoms with Crippen molar-refractivity contribution in [3.63, 3.8) is 0 Å². The predicted molar refractivity (Wildman–Crippen MR) is 90.1 cm³/mol. The number of rotatable bonds is 6. The first-order chi connectivity index (χ1) is 11.4. The second kappa shape index (κ2) is 7.84. The lowest BCUT2D eigenvalue weighted by Crippen LogP contribution is -2.27. The lowest BCUT2D eigenvalue weighted by atomic mass is 10.2. The third-order valence-corrected chi connectivity index (χ3v) is 5.25. The van der Waals surface area contributed by atoms with Gasteiger partial charge in [0.1, 0.15) is 17.4 Å². The summed E-state index contributed by atoms with van der Waals surface area (Å²) in [5.74, 6) is 0.271. The topological polar surface area (TPSA) is 108 Å². The second-order valence-corrected chi connectivity index (χ2v) is 7.58. The molecule has 128 valence electrons. The fourth-order valence-electron chi connectivity index (χ4n) is 2.28. The normalized spacial score (nSPS) is 19.3. The van der Waals surface area contributed by atoms with Gasteiger partial charge < -0.3 is 15.4 Å². The molecule has 1 aromatic carbocycles. The van der Waals surface area contributed by atoms with E-state index in [9.17, 15) is 13.2 Å². The molecule has 0 saturated carbocycles. The minimum Gasteiger partial charge on any atom is -0.494 e. The van der Waals surface area contributed by atoms with Gasteiger partial charge in [-0.25, -0.2) is 8.42 Å². The van der Waals surface area contributed by atoms with Gasteiger partial charge in [-0.05, 0) is 37.6 Å². The molecule has 2 N–H and O–H groups in total. The quantitative estimate of drug-likeness (QED) is 0.590. The Balaban J connectivity index is 1.96. The number of nitrogens with one attached hydrogen (secondary N) is 2. The van der Waals surface area contributed by atoms with Crippen LogP contribution in [0.5, 0.6) is 5.75 Å². The molecule has 8 heteroatoms. The van der Waals surface area contributed by atoms with Gasteiger partial charge in [-0.2, -0.15) is 5.26 Å². The summed E-state index contributed by atoms with van der Waals surface area (Å²) in [7, 11) is -3.01. The number of ether oxygens (including phenoxy) is 1. The fraction of sp³-hybridized carbons (Fsp3) is 0.375. The number of nitriles is 1. The highest BCUT2D eigenvalue weighted by Crippen LogP contribution is 2.16. The monoisotopic (exact) mass is 349 g/mol. The van der Waals surface area contributed by atoms with E-state index in [4.69, 9.17) is 10.00 Å². The lowest BCUT2D eigenvalue weighted by Gasteiger charge is -2.09. The average Bonchev–Trinajstić information content (AvgIpc) is 2.89. The van der Waals surface area contributed by atoms with Gasteiger partial charge in [0, 0.05) is 17.9 Å². The molecular formula is C16H19N3O4S. The van der Waals surface area contributed by atoms with Gasteiger partial charge in [0.05, 0.1) is 18.1 Å². The largest absolute Gasteiger partial charge is 0.494 e. The molecule has 0 spiro atoms. The zero-order valence-electron chi connectivity index (χ0n) is 13.3. The number of amides is 1. The molecular weight excluding hydrogens is 330 g/mol. The first-order valence-electron chi connectivity index (χ1n) is 7.54. The summed E-state index contributed by atoms with van der Waals surface area (Å²) in [6.07, 6.45) is 1.74. The molecule has 0 aromatic heterocycles. The highest BCUT2D eigenvalue weighted by atomic mass is 32.2. The summed E-state index contributed by atoms with van der Waals surface area (Å²) < 4.78 is 28.1. The van der Waals surface area contributed by atoms with Crippen molar-refractivity contribution < 1.29 is 17.9 Å². The summed E-state index contributed by atoms with van der Waals surface area (Å²) in [6, 6.07) is 8.33. The van der Waals surface area contributed by atoms with Crippen molar-refractivity contribution in [1.82, 2.24) is 5.32 Å². The van der Waals surface area contributed by atoms with Crippen LogP contribution in [0.15, 0.2) is 36.0 Å². The van der Waals surface area contributed by atoms with Gasteiger partial charge in [-0.3, -0.25) is 4.79 Å². The van der Waals surface area contributed by atoms with E-state index in [1.54, 1.807) is 24.3 Å². The van der Waals surface area contributed by atoms with Crippen LogP contribution in [0.4, 0.5) is 5.69 Å². The molecule has 1 amide bonds. The summed E-state index contributed by atoms with van der Waals surface area (Å²) >= 11 is 0. The van der Waals surface area contributed by atoms with Crippen molar-refractivity contribution in [2.24, 2.45) is 0 Å². The van der Waals surface area contributed by atoms with Gasteiger partial charge >= 0.3 is 0 Å². The Morgan fingerprint density at radius 3 is 2.67 bits per heavy atom. The van der Waals surface area contributed by atoms with Crippen molar-refractivity contribution in [2.75, 3.05) is 23.4 Å². The third-order valence-electron chi connectivity index (χ3n) is 3.48. The number of nitrogens with zero attached hydrogens (tertiary/aromatic N) is 1. The number of anilines is 1. The van der Waals surface area contributed by atoms with Crippen LogP contribution < -0.4 is 15.4 Å². The fourth-order valence-corrected chi connectivity index (χ4v) is 3.96. The third kappa shape index (κ3) is 4.99. The number of carbonyl (C=O) groups is 1. The average molecular weight is 349 g/mol. The van der Waals surface area contributed by atoms with Gasteiger partial charge in [-0.15, -0.1) is 0 Å². The van der Waals surface area contributed by atoms with Gasteiger partial charge in [0.2, 0.25) is 0 Å². The standard InChI is InChI=1S/C16H19N3O4S/c1-2-23-15-5-3-13(4-6-15)19-16(20)12(9-17)10-18-14-7-8-24(21,22)11-14/h3-6,10,14,18H,2,7-8,11H2,1H3,(H,19,20)/b12-10-. The Hall–Kier alpha value is -2.53. The van der Waals surface area contributed by atoms with Crippen molar-refractivity contribution in [3.8, 4) is 11.8 Å². The van der Waals surface area contributed by atoms with Crippen LogP contribution in [0.25, 0.3) is 0 Å². The van der Waals surface area contributed by atoms with Gasteiger partial charge in [-0.1, -0.05) is 0 Å². The highest BCUT2D eigenvalue weighted by molar-refractivity contribution is 7.91. The zero-order valence-corrected chi connectivity index (χ0v) is 14.1. The maximum Gasteiger partial charge on any atom is 0.267 e. The van der Waals surface area contributed by atoms with Crippen LogP contribution in [0.1, 0.15) is 13.3 Å². The van der Waals surface area contributed by atoms with Gasteiger partial charge in [0.15, 0.2) is 9.84 Å². The molecule has 1 unspecified atom stereocenters. The molecule has 1 atom stereocenters. The Morgan fingerprint density at radius 1 is 1.42 bits per heavy atom. The van der Waals surface area contributed by atoms with Crippen molar-refractivity contribution in [2.45, 2.75) is 19.4 Å². The van der Waals surface area contributed by atoms with E-state index in [0.717, 1.165) is 0 Å². The maximum absolute atomic E-state index is 12.1. The van der Waals surface area contributed by atoms with Crippen LogP contribution in [-0.4, -0.2) is 38.5 Å². The van der Waals surface area contributed by atoms with Crippen LogP contribution in [0.3, 0.4) is 0 Å². The summed E-state index contributed by atoms with van der Waals surface area (Å²) in [5, 5.41) is 14.6. The molecule has 24 heavy (non-hydrogen) atoms. The highest BCUT2D eigenvalue weighted by Gasteiger charge is 2.27. The second-order valence-electron chi connectivity index (χ2n) is 5.35. The lowest BCUT2D eigenvalue weighted by molar-refractivity contribution is -0.112. The Bertz CT molecular complexity index is 764. The molecule has 7 nitrogen and oxygen atoms in total. The SMILES string of the molecule is CCOc1ccc(NC(=O)/C(C#N)=C\NC2CCS(=O)(=O)C2)cc1. The summed E-state index contributed by atoms with van der Waals surface area (Å²) in [6.45, 7) is 2.43. The van der Waals surface area contributed by atoms with Crippen molar-refractivity contribution >= 4 is 21.4 Å². The van der Waals surface area contributed by atoms with Crippen LogP contribution in [0, 0.1) is 11.3 Å². The predicted octanol–water partition coefficient (Wildman–Crippen LogP) is 1.21. The minimum absolute atomic E-state index is 0.0166. The van der Waals surface area contributed by atoms with Crippen molar-refractivity contribution in [3.05, 3.63) is 36.0 Å². The Kier molecular flexibility index (Phi) is 5.82. The van der Waals surface area contributed by atoms with Crippen LogP contribution in [0.2, 0.25) is 0 Å². The summed E-state index contributed by atoms with van der Waals surface area (Å²) in [5.41, 5.74) is 0.418. The van der Waals surface area contributed by atoms with E-state index < -0.39 is 15.7 Å². The molecule has 2 rings (SSSR count). The molecule has 1 aliphatic rings. The van der Waals surface area contributed by atoms with Gasteiger partial charge in [0.25, 0.3) is 5.91 Å². The Labute approximate surface area is 141 Å². The number of carbonyl (C=O) groups excluding carboxylic acids is 1. The Morgan fingerprint density at radius 2 is 2.12 bits per heavy atom. The number of benzene rings is 1. The van der Waals surface area contributed by atoms with E-state index in [-0.39, 0.29) is 23.1 Å². The van der Waals surface area contributed by atoms with E-state index in [2.05, 4.69) is 10.6 Å². The molecule has 0 bridgehead atoms. The number of sulfone groups is 1. The van der Waals surface area contributed by atoms with Crippen LogP contribution in [-0.2, 0) is 14.6 Å². The molecule has 0 aliphatic carbocycles. The number of hydrogen-bond donors (Lipinski definition) is 2. The number of hydrogen-bond acceptors (Lipinski definition) is 6. The minimum atomic E-state index is -3.01. The maximum atomic E-state index is 12.1. The first kappa shape index (κ1) is 17.8. The van der Waals surface area contributed by atoms with Crippen LogP contribution >= 0.6 is 0 Å². The first-order valence-corrected chi connectivity index (χ1v) is 9.36. The smallest absolute Gasteiger partial charge is 0.267 e. The molecule has 1 saturated heterocycles. The van der Waals surface area contributed by atoms with E-state index in [1.165, 1.54) is 6.20 Å². The van der Waals surface area contributed by atoms with E-state index >= 15 is 0 Å². The summed E-state index contributed by atoms with van der Waals surface area (Å²) in [4.78, 5) is 12.1. The zero-order chi connectivity index (χ0) is 17.6. The van der Waals surface area contributed by atoms with E-state index in [1.807, 2.05) is 13.0 Å². The van der Waals surface area contributed by atoms with Crippen molar-refractivity contribution in [1.29, 1.82) is 5.26 Å². The molecule has 0 radical (unpaired) electrons. The molecule has 1 fully saturated rings. The molecule has 1 aromatic rings. The molecule has 1 heterocycles.